The standard InChI is InChI=1S/C21H27ClN2O4S/c1-5-24(6-2)29(26,27)20-15-17(10-11-19(20)22)21(25)23(4)12-13-28-18-9-7-8-16(3)14-18/h7-11,14-15H,5-6,12-13H2,1-4H3. The number of rotatable bonds is 9. The third-order valence-corrected chi connectivity index (χ3v) is 7.06. The highest BCUT2D eigenvalue weighted by Gasteiger charge is 2.26. The predicted molar refractivity (Wildman–Crippen MR) is 115 cm³/mol. The molecule has 0 bridgehead atoms. The normalized spacial score (nSPS) is 11.5. The molecule has 0 spiro atoms. The summed E-state index contributed by atoms with van der Waals surface area (Å²) < 4.78 is 32.6. The van der Waals surface area contributed by atoms with Gasteiger partial charge in [0.05, 0.1) is 11.6 Å². The van der Waals surface area contributed by atoms with Crippen molar-refractivity contribution in [1.82, 2.24) is 9.21 Å². The van der Waals surface area contributed by atoms with E-state index >= 15 is 0 Å². The minimum Gasteiger partial charge on any atom is -0.492 e. The smallest absolute Gasteiger partial charge is 0.253 e. The number of aryl methyl sites for hydroxylation is 1. The molecule has 0 aliphatic rings. The number of benzene rings is 2. The Kier molecular flexibility index (Phi) is 8.07. The van der Waals surface area contributed by atoms with E-state index in [1.807, 2.05) is 31.2 Å². The maximum Gasteiger partial charge on any atom is 0.253 e. The second kappa shape index (κ2) is 10.1. The Balaban J connectivity index is 2.12. The molecule has 0 aliphatic heterocycles. The highest BCUT2D eigenvalue weighted by Crippen LogP contribution is 2.26. The summed E-state index contributed by atoms with van der Waals surface area (Å²) in [4.78, 5) is 14.2. The van der Waals surface area contributed by atoms with Crippen LogP contribution in [0.25, 0.3) is 0 Å². The molecular formula is C21H27ClN2O4S. The number of amides is 1. The van der Waals surface area contributed by atoms with Gasteiger partial charge in [-0.3, -0.25) is 4.79 Å². The molecule has 2 rings (SSSR count). The van der Waals surface area contributed by atoms with Crippen molar-refractivity contribution in [3.63, 3.8) is 0 Å². The van der Waals surface area contributed by atoms with Crippen molar-refractivity contribution in [2.24, 2.45) is 0 Å². The molecule has 0 aromatic heterocycles. The van der Waals surface area contributed by atoms with Crippen molar-refractivity contribution >= 4 is 27.5 Å². The Labute approximate surface area is 178 Å². The number of hydrogen-bond donors (Lipinski definition) is 0. The van der Waals surface area contributed by atoms with Gasteiger partial charge in [0.2, 0.25) is 10.0 Å². The topological polar surface area (TPSA) is 66.9 Å². The zero-order valence-corrected chi connectivity index (χ0v) is 18.8. The molecule has 0 N–H and O–H groups in total. The maximum atomic E-state index is 12.8. The van der Waals surface area contributed by atoms with Crippen LogP contribution in [0.3, 0.4) is 0 Å². The minimum absolute atomic E-state index is 0.0573. The van der Waals surface area contributed by atoms with Gasteiger partial charge >= 0.3 is 0 Å². The van der Waals surface area contributed by atoms with Crippen LogP contribution in [-0.2, 0) is 10.0 Å². The Hall–Kier alpha value is -2.09. The lowest BCUT2D eigenvalue weighted by atomic mass is 10.2. The number of carbonyl (C=O) groups excluding carboxylic acids is 1. The first-order valence-corrected chi connectivity index (χ1v) is 11.3. The van der Waals surface area contributed by atoms with Crippen LogP contribution in [0.4, 0.5) is 0 Å². The first-order valence-electron chi connectivity index (χ1n) is 9.45. The summed E-state index contributed by atoms with van der Waals surface area (Å²) in [6.07, 6.45) is 0. The molecule has 0 unspecified atom stereocenters. The average Bonchev–Trinajstić information content (AvgIpc) is 2.68. The van der Waals surface area contributed by atoms with Crippen LogP contribution in [0.2, 0.25) is 5.02 Å². The van der Waals surface area contributed by atoms with Gasteiger partial charge in [0.25, 0.3) is 5.91 Å². The molecule has 0 atom stereocenters. The van der Waals surface area contributed by atoms with Crippen LogP contribution in [-0.4, -0.2) is 56.8 Å². The van der Waals surface area contributed by atoms with E-state index < -0.39 is 10.0 Å². The second-order valence-electron chi connectivity index (χ2n) is 6.63. The highest BCUT2D eigenvalue weighted by atomic mass is 35.5. The molecule has 158 valence electrons. The van der Waals surface area contributed by atoms with Crippen molar-refractivity contribution in [3.8, 4) is 5.75 Å². The Bertz CT molecular complexity index is 959. The average molecular weight is 439 g/mol. The molecule has 8 heteroatoms. The first kappa shape index (κ1) is 23.2. The molecule has 6 nitrogen and oxygen atoms in total. The fraction of sp³-hybridized carbons (Fsp3) is 0.381. The van der Waals surface area contributed by atoms with E-state index in [2.05, 4.69) is 0 Å². The Morgan fingerprint density at radius 3 is 2.41 bits per heavy atom. The van der Waals surface area contributed by atoms with Gasteiger partial charge in [-0.25, -0.2) is 8.42 Å². The number of hydrogen-bond acceptors (Lipinski definition) is 4. The van der Waals surface area contributed by atoms with Crippen molar-refractivity contribution in [3.05, 3.63) is 58.6 Å². The van der Waals surface area contributed by atoms with Gasteiger partial charge in [0, 0.05) is 25.7 Å². The summed E-state index contributed by atoms with van der Waals surface area (Å²) in [5, 5.41) is 0.0962. The molecule has 29 heavy (non-hydrogen) atoms. The number of nitrogens with zero attached hydrogens (tertiary/aromatic N) is 2. The molecule has 2 aromatic carbocycles. The van der Waals surface area contributed by atoms with Crippen molar-refractivity contribution in [2.75, 3.05) is 33.3 Å². The van der Waals surface area contributed by atoms with Gasteiger partial charge in [0.15, 0.2) is 0 Å². The van der Waals surface area contributed by atoms with E-state index in [-0.39, 0.29) is 21.4 Å². The maximum absolute atomic E-state index is 12.8. The summed E-state index contributed by atoms with van der Waals surface area (Å²) in [7, 11) is -2.12. The van der Waals surface area contributed by atoms with Crippen LogP contribution >= 0.6 is 11.6 Å². The van der Waals surface area contributed by atoms with Gasteiger partial charge in [-0.05, 0) is 42.8 Å². The zero-order valence-electron chi connectivity index (χ0n) is 17.2. The third-order valence-electron chi connectivity index (χ3n) is 4.53. The predicted octanol–water partition coefficient (Wildman–Crippen LogP) is 3.83. The monoisotopic (exact) mass is 438 g/mol. The van der Waals surface area contributed by atoms with E-state index in [0.717, 1.165) is 11.3 Å². The van der Waals surface area contributed by atoms with Crippen molar-refractivity contribution in [2.45, 2.75) is 25.7 Å². The van der Waals surface area contributed by atoms with Gasteiger partial charge < -0.3 is 9.64 Å². The van der Waals surface area contributed by atoms with E-state index in [9.17, 15) is 13.2 Å². The number of sulfonamides is 1. The highest BCUT2D eigenvalue weighted by molar-refractivity contribution is 7.89. The van der Waals surface area contributed by atoms with E-state index in [0.29, 0.717) is 26.2 Å². The lowest BCUT2D eigenvalue weighted by Gasteiger charge is -2.21. The van der Waals surface area contributed by atoms with Gasteiger partial charge in [-0.15, -0.1) is 0 Å². The van der Waals surface area contributed by atoms with Crippen LogP contribution in [0.15, 0.2) is 47.4 Å². The van der Waals surface area contributed by atoms with Crippen LogP contribution in [0.1, 0.15) is 29.8 Å². The van der Waals surface area contributed by atoms with Gasteiger partial charge in [0.1, 0.15) is 17.3 Å². The second-order valence-corrected chi connectivity index (χ2v) is 8.94. The number of halogens is 1. The Morgan fingerprint density at radius 1 is 1.10 bits per heavy atom. The lowest BCUT2D eigenvalue weighted by Crippen LogP contribution is -2.32. The summed E-state index contributed by atoms with van der Waals surface area (Å²) in [6, 6.07) is 12.0. The van der Waals surface area contributed by atoms with Crippen LogP contribution in [0.5, 0.6) is 5.75 Å². The number of likely N-dealkylation sites (N-methyl/N-ethyl adjacent to an activating group) is 1. The van der Waals surface area contributed by atoms with E-state index in [1.54, 1.807) is 20.9 Å². The SMILES string of the molecule is CCN(CC)S(=O)(=O)c1cc(C(=O)N(C)CCOc2cccc(C)c2)ccc1Cl. The minimum atomic E-state index is -3.76. The number of carbonyl (C=O) groups is 1. The molecule has 2 aromatic rings. The fourth-order valence-corrected chi connectivity index (χ4v) is 4.82. The van der Waals surface area contributed by atoms with Gasteiger partial charge in [-0.2, -0.15) is 4.31 Å². The summed E-state index contributed by atoms with van der Waals surface area (Å²) >= 11 is 6.14. The lowest BCUT2D eigenvalue weighted by molar-refractivity contribution is 0.0773. The largest absolute Gasteiger partial charge is 0.492 e. The molecule has 0 saturated heterocycles. The molecule has 0 saturated carbocycles. The van der Waals surface area contributed by atoms with Crippen LogP contribution < -0.4 is 4.74 Å². The molecule has 1 amide bonds. The quantitative estimate of drug-likeness (QED) is 0.596. The molecule has 0 heterocycles. The third kappa shape index (κ3) is 5.72. The van der Waals surface area contributed by atoms with Crippen molar-refractivity contribution < 1.29 is 17.9 Å². The fourth-order valence-electron chi connectivity index (χ4n) is 2.86. The first-order chi connectivity index (χ1) is 13.7. The summed E-state index contributed by atoms with van der Waals surface area (Å²) in [5.41, 5.74) is 1.35. The molecule has 0 radical (unpaired) electrons. The molecular weight excluding hydrogens is 412 g/mol. The summed E-state index contributed by atoms with van der Waals surface area (Å²) in [6.45, 7) is 6.81. The number of ether oxygens (including phenoxy) is 1. The van der Waals surface area contributed by atoms with Crippen LogP contribution in [0, 0.1) is 6.92 Å². The summed E-state index contributed by atoms with van der Waals surface area (Å²) in [5.74, 6) is 0.440. The molecule has 0 fully saturated rings. The van der Waals surface area contributed by atoms with E-state index in [4.69, 9.17) is 16.3 Å². The molecule has 0 aliphatic carbocycles. The zero-order chi connectivity index (χ0) is 21.6. The van der Waals surface area contributed by atoms with E-state index in [1.165, 1.54) is 27.4 Å². The Morgan fingerprint density at radius 2 is 1.79 bits per heavy atom. The van der Waals surface area contributed by atoms with Gasteiger partial charge in [-0.1, -0.05) is 37.6 Å². The van der Waals surface area contributed by atoms with Crippen molar-refractivity contribution in [1.29, 1.82) is 0 Å².